The molecule has 1 atom stereocenters. The van der Waals surface area contributed by atoms with Crippen molar-refractivity contribution in [1.29, 1.82) is 0 Å². The summed E-state index contributed by atoms with van der Waals surface area (Å²) in [5.74, 6) is -0.801. The van der Waals surface area contributed by atoms with Gasteiger partial charge in [0.15, 0.2) is 17.7 Å². The normalized spacial score (nSPS) is 18.6. The van der Waals surface area contributed by atoms with E-state index in [9.17, 15) is 14.3 Å². The summed E-state index contributed by atoms with van der Waals surface area (Å²) in [4.78, 5) is 11.9. The Kier molecular flexibility index (Phi) is 4.60. The number of aliphatic hydroxyl groups is 1. The third-order valence-corrected chi connectivity index (χ3v) is 3.64. The van der Waals surface area contributed by atoms with Crippen LogP contribution >= 0.6 is 0 Å². The summed E-state index contributed by atoms with van der Waals surface area (Å²) in [6.07, 6.45) is 2.56. The van der Waals surface area contributed by atoms with Crippen molar-refractivity contribution >= 4 is 5.91 Å². The van der Waals surface area contributed by atoms with Crippen molar-refractivity contribution in [2.24, 2.45) is 0 Å². The Morgan fingerprint density at radius 3 is 2.75 bits per heavy atom. The van der Waals surface area contributed by atoms with E-state index in [1.54, 1.807) is 19.1 Å². The molecule has 1 aliphatic rings. The van der Waals surface area contributed by atoms with Crippen molar-refractivity contribution in [2.45, 2.75) is 44.3 Å². The fraction of sp³-hybridized carbons (Fsp3) is 0.533. The molecule has 20 heavy (non-hydrogen) atoms. The molecule has 0 spiro atoms. The van der Waals surface area contributed by atoms with Crippen LogP contribution in [-0.4, -0.2) is 29.3 Å². The molecule has 2 N–H and O–H groups in total. The zero-order valence-corrected chi connectivity index (χ0v) is 11.6. The van der Waals surface area contributed by atoms with E-state index in [1.807, 2.05) is 0 Å². The predicted molar refractivity (Wildman–Crippen MR) is 72.9 cm³/mol. The zero-order valence-electron chi connectivity index (χ0n) is 11.6. The van der Waals surface area contributed by atoms with E-state index < -0.39 is 17.5 Å². The number of halogens is 1. The molecule has 1 fully saturated rings. The van der Waals surface area contributed by atoms with Crippen LogP contribution in [0.2, 0.25) is 0 Å². The maximum atomic E-state index is 13.4. The maximum Gasteiger partial charge on any atom is 0.260 e. The minimum Gasteiger partial charge on any atom is -0.478 e. The van der Waals surface area contributed by atoms with Gasteiger partial charge in [-0.05, 0) is 31.9 Å². The van der Waals surface area contributed by atoms with Gasteiger partial charge in [0, 0.05) is 6.54 Å². The molecule has 0 saturated heterocycles. The lowest BCUT2D eigenvalue weighted by molar-refractivity contribution is -0.128. The maximum absolute atomic E-state index is 13.4. The van der Waals surface area contributed by atoms with Gasteiger partial charge in [-0.1, -0.05) is 25.0 Å². The highest BCUT2D eigenvalue weighted by atomic mass is 19.1. The van der Waals surface area contributed by atoms with Gasteiger partial charge in [0.25, 0.3) is 5.91 Å². The highest BCUT2D eigenvalue weighted by molar-refractivity contribution is 5.80. The average molecular weight is 281 g/mol. The van der Waals surface area contributed by atoms with Crippen LogP contribution in [0, 0.1) is 5.82 Å². The van der Waals surface area contributed by atoms with Crippen LogP contribution in [0.25, 0.3) is 0 Å². The number of hydrogen-bond donors (Lipinski definition) is 2. The van der Waals surface area contributed by atoms with Crippen molar-refractivity contribution < 1.29 is 19.0 Å². The number of ether oxygens (including phenoxy) is 1. The molecule has 2 rings (SSSR count). The molecule has 0 radical (unpaired) electrons. The third-order valence-electron chi connectivity index (χ3n) is 3.64. The summed E-state index contributed by atoms with van der Waals surface area (Å²) in [6, 6.07) is 5.96. The van der Waals surface area contributed by atoms with Gasteiger partial charge in [0.05, 0.1) is 5.60 Å². The van der Waals surface area contributed by atoms with E-state index in [1.165, 1.54) is 12.1 Å². The summed E-state index contributed by atoms with van der Waals surface area (Å²) in [5, 5.41) is 12.8. The fourth-order valence-electron chi connectivity index (χ4n) is 2.39. The Labute approximate surface area is 117 Å². The van der Waals surface area contributed by atoms with Gasteiger partial charge in [0.2, 0.25) is 0 Å². The second-order valence-corrected chi connectivity index (χ2v) is 5.34. The highest BCUT2D eigenvalue weighted by Gasteiger charge is 2.32. The number of nitrogens with one attached hydrogen (secondary N) is 1. The second kappa shape index (κ2) is 6.22. The summed E-state index contributed by atoms with van der Waals surface area (Å²) in [5.41, 5.74) is -0.798. The Bertz CT molecular complexity index is 472. The average Bonchev–Trinajstić information content (AvgIpc) is 2.86. The molecule has 1 aromatic rings. The van der Waals surface area contributed by atoms with Crippen LogP contribution in [0.3, 0.4) is 0 Å². The quantitative estimate of drug-likeness (QED) is 0.868. The van der Waals surface area contributed by atoms with Crippen LogP contribution in [0.1, 0.15) is 32.6 Å². The van der Waals surface area contributed by atoms with Gasteiger partial charge >= 0.3 is 0 Å². The molecule has 0 bridgehead atoms. The van der Waals surface area contributed by atoms with Gasteiger partial charge < -0.3 is 15.2 Å². The number of benzene rings is 1. The molecule has 1 aromatic carbocycles. The summed E-state index contributed by atoms with van der Waals surface area (Å²) < 4.78 is 18.7. The lowest BCUT2D eigenvalue weighted by atomic mass is 10.0. The fourth-order valence-corrected chi connectivity index (χ4v) is 2.39. The van der Waals surface area contributed by atoms with Crippen LogP contribution in [0.5, 0.6) is 5.75 Å². The number of carbonyl (C=O) groups excluding carboxylic acids is 1. The van der Waals surface area contributed by atoms with Crippen LogP contribution in [0.4, 0.5) is 4.39 Å². The molecule has 4 nitrogen and oxygen atoms in total. The minimum atomic E-state index is -0.808. The first-order chi connectivity index (χ1) is 9.50. The molecule has 1 amide bonds. The highest BCUT2D eigenvalue weighted by Crippen LogP contribution is 2.28. The van der Waals surface area contributed by atoms with Crippen LogP contribution in [-0.2, 0) is 4.79 Å². The first-order valence-corrected chi connectivity index (χ1v) is 6.91. The molecule has 110 valence electrons. The smallest absolute Gasteiger partial charge is 0.260 e. The summed E-state index contributed by atoms with van der Waals surface area (Å²) in [7, 11) is 0. The third kappa shape index (κ3) is 3.70. The monoisotopic (exact) mass is 281 g/mol. The van der Waals surface area contributed by atoms with Crippen molar-refractivity contribution in [3.63, 3.8) is 0 Å². The summed E-state index contributed by atoms with van der Waals surface area (Å²) in [6.45, 7) is 1.78. The zero-order chi connectivity index (χ0) is 14.6. The Balaban J connectivity index is 1.84. The molecular weight excluding hydrogens is 261 g/mol. The number of hydrogen-bond acceptors (Lipinski definition) is 3. The Hall–Kier alpha value is -1.62. The number of amides is 1. The molecular formula is C15H20FNO3. The van der Waals surface area contributed by atoms with Crippen LogP contribution < -0.4 is 10.1 Å². The van der Waals surface area contributed by atoms with Gasteiger partial charge in [-0.15, -0.1) is 0 Å². The molecule has 0 aromatic heterocycles. The molecule has 5 heteroatoms. The number of rotatable bonds is 5. The van der Waals surface area contributed by atoms with E-state index in [2.05, 4.69) is 5.32 Å². The summed E-state index contributed by atoms with van der Waals surface area (Å²) >= 11 is 0. The topological polar surface area (TPSA) is 58.6 Å². The first-order valence-electron chi connectivity index (χ1n) is 6.91. The largest absolute Gasteiger partial charge is 0.478 e. The lowest BCUT2D eigenvalue weighted by Gasteiger charge is -2.23. The van der Waals surface area contributed by atoms with Crippen LogP contribution in [0.15, 0.2) is 24.3 Å². The number of para-hydroxylation sites is 1. The Morgan fingerprint density at radius 1 is 1.45 bits per heavy atom. The van der Waals surface area contributed by atoms with Crippen molar-refractivity contribution in [1.82, 2.24) is 5.32 Å². The molecule has 1 saturated carbocycles. The molecule has 1 unspecified atom stereocenters. The molecule has 0 heterocycles. The van der Waals surface area contributed by atoms with E-state index in [0.29, 0.717) is 12.8 Å². The predicted octanol–water partition coefficient (Wildman–Crippen LogP) is 2.01. The second-order valence-electron chi connectivity index (χ2n) is 5.34. The first kappa shape index (κ1) is 14.8. The lowest BCUT2D eigenvalue weighted by Crippen LogP contribution is -2.45. The van der Waals surface area contributed by atoms with E-state index in [-0.39, 0.29) is 18.2 Å². The Morgan fingerprint density at radius 2 is 2.10 bits per heavy atom. The van der Waals surface area contributed by atoms with Crippen molar-refractivity contribution in [2.75, 3.05) is 6.54 Å². The van der Waals surface area contributed by atoms with Crippen molar-refractivity contribution in [3.05, 3.63) is 30.1 Å². The van der Waals surface area contributed by atoms with Gasteiger partial charge in [0.1, 0.15) is 0 Å². The molecule has 0 aliphatic heterocycles. The molecule has 1 aliphatic carbocycles. The van der Waals surface area contributed by atoms with Gasteiger partial charge in [-0.25, -0.2) is 4.39 Å². The number of carbonyl (C=O) groups is 1. The van der Waals surface area contributed by atoms with E-state index in [4.69, 9.17) is 4.74 Å². The van der Waals surface area contributed by atoms with Gasteiger partial charge in [-0.3, -0.25) is 4.79 Å². The van der Waals surface area contributed by atoms with E-state index in [0.717, 1.165) is 12.8 Å². The van der Waals surface area contributed by atoms with Crippen molar-refractivity contribution in [3.8, 4) is 5.75 Å². The van der Waals surface area contributed by atoms with Gasteiger partial charge in [-0.2, -0.15) is 0 Å². The van der Waals surface area contributed by atoms with E-state index >= 15 is 0 Å². The standard InChI is InChI=1S/C15H20FNO3/c1-11(20-13-7-3-2-6-12(13)16)14(18)17-10-15(19)8-4-5-9-15/h2-3,6-7,11,19H,4-5,8-10H2,1H3,(H,17,18). The minimum absolute atomic E-state index is 0.0507. The SMILES string of the molecule is CC(Oc1ccccc1F)C(=O)NCC1(O)CCCC1.